The Morgan fingerprint density at radius 1 is 1.43 bits per heavy atom. The summed E-state index contributed by atoms with van der Waals surface area (Å²) in [6, 6.07) is 2.85. The second kappa shape index (κ2) is 3.87. The van der Waals surface area contributed by atoms with Gasteiger partial charge in [-0.3, -0.25) is 0 Å². The molecule has 1 heterocycles. The van der Waals surface area contributed by atoms with Crippen LogP contribution < -0.4 is 0 Å². The Morgan fingerprint density at radius 2 is 2.07 bits per heavy atom. The van der Waals surface area contributed by atoms with Gasteiger partial charge in [-0.2, -0.15) is 0 Å². The molecule has 0 aliphatic rings. The average molecular weight is 195 g/mol. The van der Waals surface area contributed by atoms with Crippen LogP contribution in [0.4, 0.5) is 0 Å². The van der Waals surface area contributed by atoms with Gasteiger partial charge in [0, 0.05) is 0 Å². The van der Waals surface area contributed by atoms with Gasteiger partial charge >= 0.3 is 11.9 Å². The second-order valence-electron chi connectivity index (χ2n) is 2.66. The molecule has 1 N–H and O–H groups in total. The number of carboxylic acid groups (broad SMARTS) is 1. The Hall–Kier alpha value is -1.91. The van der Waals surface area contributed by atoms with Gasteiger partial charge in [-0.25, -0.2) is 14.6 Å². The van der Waals surface area contributed by atoms with E-state index in [1.807, 2.05) is 0 Å². The van der Waals surface area contributed by atoms with Gasteiger partial charge in [0.2, 0.25) is 0 Å². The van der Waals surface area contributed by atoms with Crippen LogP contribution in [0.5, 0.6) is 0 Å². The Bertz CT molecular complexity index is 386. The predicted octanol–water partition coefficient (Wildman–Crippen LogP) is 0.875. The third-order valence-corrected chi connectivity index (χ3v) is 1.69. The third kappa shape index (κ3) is 1.87. The van der Waals surface area contributed by atoms with Crippen LogP contribution in [0.15, 0.2) is 12.1 Å². The number of esters is 1. The van der Waals surface area contributed by atoms with E-state index in [2.05, 4.69) is 9.72 Å². The number of carbonyl (C=O) groups is 2. The van der Waals surface area contributed by atoms with Crippen LogP contribution in [-0.4, -0.2) is 29.1 Å². The van der Waals surface area contributed by atoms with E-state index in [4.69, 9.17) is 5.11 Å². The quantitative estimate of drug-likeness (QED) is 0.708. The maximum Gasteiger partial charge on any atom is 0.356 e. The van der Waals surface area contributed by atoms with Crippen molar-refractivity contribution in [2.75, 3.05) is 7.11 Å². The molecular weight excluding hydrogens is 186 g/mol. The fraction of sp³-hybridized carbons (Fsp3) is 0.222. The molecule has 1 rings (SSSR count). The van der Waals surface area contributed by atoms with Gasteiger partial charge in [0.05, 0.1) is 7.11 Å². The summed E-state index contributed by atoms with van der Waals surface area (Å²) in [5.41, 5.74) is 0.449. The molecule has 1 aromatic rings. The van der Waals surface area contributed by atoms with E-state index >= 15 is 0 Å². The first kappa shape index (κ1) is 10.2. The summed E-state index contributed by atoms with van der Waals surface area (Å²) in [4.78, 5) is 25.4. The summed E-state index contributed by atoms with van der Waals surface area (Å²) in [6.45, 7) is 1.66. The summed E-state index contributed by atoms with van der Waals surface area (Å²) in [7, 11) is 1.22. The van der Waals surface area contributed by atoms with Gasteiger partial charge in [0.1, 0.15) is 5.69 Å². The van der Waals surface area contributed by atoms with Crippen molar-refractivity contribution in [3.63, 3.8) is 0 Å². The molecule has 0 bridgehead atoms. The Labute approximate surface area is 80.3 Å². The van der Waals surface area contributed by atoms with Crippen molar-refractivity contribution in [2.45, 2.75) is 6.92 Å². The number of hydrogen-bond donors (Lipinski definition) is 1. The summed E-state index contributed by atoms with van der Waals surface area (Å²) in [5, 5.41) is 8.64. The van der Waals surface area contributed by atoms with E-state index in [9.17, 15) is 9.59 Å². The Morgan fingerprint density at radius 3 is 2.57 bits per heavy atom. The van der Waals surface area contributed by atoms with E-state index in [0.29, 0.717) is 5.56 Å². The van der Waals surface area contributed by atoms with E-state index in [0.717, 1.165) is 0 Å². The SMILES string of the molecule is COC(=O)c1nc(C(=O)O)ccc1C. The molecular formula is C9H9NO4. The molecule has 0 amide bonds. The number of pyridine rings is 1. The van der Waals surface area contributed by atoms with Crippen molar-refractivity contribution in [1.82, 2.24) is 4.98 Å². The van der Waals surface area contributed by atoms with Gasteiger partial charge in [0.15, 0.2) is 5.69 Å². The molecule has 5 heteroatoms. The number of rotatable bonds is 2. The molecule has 0 unspecified atom stereocenters. The lowest BCUT2D eigenvalue weighted by molar-refractivity contribution is 0.0592. The highest BCUT2D eigenvalue weighted by atomic mass is 16.5. The van der Waals surface area contributed by atoms with Crippen LogP contribution >= 0.6 is 0 Å². The van der Waals surface area contributed by atoms with Gasteiger partial charge in [0.25, 0.3) is 0 Å². The van der Waals surface area contributed by atoms with E-state index < -0.39 is 11.9 Å². The molecule has 5 nitrogen and oxygen atoms in total. The molecule has 0 radical (unpaired) electrons. The first-order valence-electron chi connectivity index (χ1n) is 3.85. The largest absolute Gasteiger partial charge is 0.477 e. The first-order chi connectivity index (χ1) is 6.56. The summed E-state index contributed by atoms with van der Waals surface area (Å²) in [6.07, 6.45) is 0. The minimum Gasteiger partial charge on any atom is -0.477 e. The molecule has 14 heavy (non-hydrogen) atoms. The molecule has 0 fully saturated rings. The normalized spacial score (nSPS) is 9.57. The molecule has 1 aromatic heterocycles. The zero-order valence-electron chi connectivity index (χ0n) is 7.77. The number of aromatic nitrogens is 1. The van der Waals surface area contributed by atoms with E-state index in [1.54, 1.807) is 6.92 Å². The van der Waals surface area contributed by atoms with Gasteiger partial charge in [-0.15, -0.1) is 0 Å². The number of methoxy groups -OCH3 is 1. The fourth-order valence-corrected chi connectivity index (χ4v) is 0.951. The van der Waals surface area contributed by atoms with Crippen molar-refractivity contribution < 1.29 is 19.4 Å². The number of hydrogen-bond acceptors (Lipinski definition) is 4. The molecule has 0 atom stereocenters. The second-order valence-corrected chi connectivity index (χ2v) is 2.66. The van der Waals surface area contributed by atoms with Crippen molar-refractivity contribution in [3.8, 4) is 0 Å². The van der Waals surface area contributed by atoms with Crippen molar-refractivity contribution >= 4 is 11.9 Å². The average Bonchev–Trinajstić information content (AvgIpc) is 2.17. The molecule has 0 spiro atoms. The minimum absolute atomic E-state index is 0.0346. The number of nitrogens with zero attached hydrogens (tertiary/aromatic N) is 1. The van der Waals surface area contributed by atoms with Crippen LogP contribution in [0, 0.1) is 6.92 Å². The highest BCUT2D eigenvalue weighted by Gasteiger charge is 2.14. The van der Waals surface area contributed by atoms with Crippen molar-refractivity contribution in [1.29, 1.82) is 0 Å². The Balaban J connectivity index is 3.21. The van der Waals surface area contributed by atoms with Gasteiger partial charge < -0.3 is 9.84 Å². The summed E-state index contributed by atoms with van der Waals surface area (Å²) in [5.74, 6) is -1.80. The maximum absolute atomic E-state index is 11.1. The lowest BCUT2D eigenvalue weighted by atomic mass is 10.2. The van der Waals surface area contributed by atoms with Crippen LogP contribution in [0.1, 0.15) is 26.5 Å². The van der Waals surface area contributed by atoms with Gasteiger partial charge in [-0.1, -0.05) is 6.07 Å². The zero-order valence-corrected chi connectivity index (χ0v) is 7.77. The third-order valence-electron chi connectivity index (χ3n) is 1.69. The lowest BCUT2D eigenvalue weighted by Crippen LogP contribution is -2.10. The van der Waals surface area contributed by atoms with Crippen LogP contribution in [0.3, 0.4) is 0 Å². The number of carboxylic acids is 1. The summed E-state index contributed by atoms with van der Waals surface area (Å²) < 4.78 is 4.46. The number of aryl methyl sites for hydroxylation is 1. The number of ether oxygens (including phenoxy) is 1. The van der Waals surface area contributed by atoms with Crippen LogP contribution in [0.2, 0.25) is 0 Å². The minimum atomic E-state index is -1.17. The van der Waals surface area contributed by atoms with Crippen molar-refractivity contribution in [3.05, 3.63) is 29.1 Å². The topological polar surface area (TPSA) is 76.5 Å². The van der Waals surface area contributed by atoms with E-state index in [-0.39, 0.29) is 11.4 Å². The number of aromatic carboxylic acids is 1. The molecule has 0 aliphatic heterocycles. The van der Waals surface area contributed by atoms with Gasteiger partial charge in [-0.05, 0) is 18.6 Å². The monoisotopic (exact) mass is 195 g/mol. The standard InChI is InChI=1S/C9H9NO4/c1-5-3-4-6(8(11)12)10-7(5)9(13)14-2/h3-4H,1-2H3,(H,11,12). The lowest BCUT2D eigenvalue weighted by Gasteiger charge is -2.03. The maximum atomic E-state index is 11.1. The molecule has 0 aliphatic carbocycles. The van der Waals surface area contributed by atoms with Crippen LogP contribution in [-0.2, 0) is 4.74 Å². The predicted molar refractivity (Wildman–Crippen MR) is 47.3 cm³/mol. The fourth-order valence-electron chi connectivity index (χ4n) is 0.951. The first-order valence-corrected chi connectivity index (χ1v) is 3.85. The highest BCUT2D eigenvalue weighted by molar-refractivity contribution is 5.91. The summed E-state index contributed by atoms with van der Waals surface area (Å²) >= 11 is 0. The molecule has 0 saturated heterocycles. The van der Waals surface area contributed by atoms with Crippen molar-refractivity contribution in [2.24, 2.45) is 0 Å². The molecule has 0 saturated carbocycles. The van der Waals surface area contributed by atoms with E-state index in [1.165, 1.54) is 19.2 Å². The van der Waals surface area contributed by atoms with Crippen LogP contribution in [0.25, 0.3) is 0 Å². The Kier molecular flexibility index (Phi) is 2.81. The molecule has 74 valence electrons. The highest BCUT2D eigenvalue weighted by Crippen LogP contribution is 2.07. The molecule has 0 aromatic carbocycles. The number of carbonyl (C=O) groups excluding carboxylic acids is 1. The zero-order chi connectivity index (χ0) is 10.7. The smallest absolute Gasteiger partial charge is 0.356 e.